The molecule has 0 aliphatic heterocycles. The van der Waals surface area contributed by atoms with Crippen molar-refractivity contribution in [3.05, 3.63) is 62.4 Å². The van der Waals surface area contributed by atoms with Crippen LogP contribution in [0.5, 0.6) is 11.5 Å². The van der Waals surface area contributed by atoms with Crippen molar-refractivity contribution in [2.45, 2.75) is 6.54 Å². The maximum atomic E-state index is 13.8. The number of nitrogens with zero attached hydrogens (tertiary/aromatic N) is 1. The highest BCUT2D eigenvalue weighted by atomic mass is 79.9. The van der Waals surface area contributed by atoms with Gasteiger partial charge in [-0.05, 0) is 46.7 Å². The zero-order valence-corrected chi connectivity index (χ0v) is 12.7. The number of rotatable bonds is 5. The van der Waals surface area contributed by atoms with Crippen LogP contribution in [0.25, 0.3) is 0 Å². The second kappa shape index (κ2) is 6.64. The van der Waals surface area contributed by atoms with E-state index in [2.05, 4.69) is 21.2 Å². The molecule has 0 fully saturated rings. The molecular weight excluding hydrogens is 343 g/mol. The number of non-ortho nitro benzene ring substituents is 1. The number of ether oxygens (including phenoxy) is 1. The van der Waals surface area contributed by atoms with Gasteiger partial charge in [0.15, 0.2) is 11.6 Å². The quantitative estimate of drug-likeness (QED) is 0.650. The molecule has 7 heteroatoms. The van der Waals surface area contributed by atoms with Gasteiger partial charge in [-0.2, -0.15) is 0 Å². The highest BCUT2D eigenvalue weighted by Crippen LogP contribution is 2.33. The first-order valence-corrected chi connectivity index (χ1v) is 6.85. The van der Waals surface area contributed by atoms with Crippen molar-refractivity contribution in [1.82, 2.24) is 5.32 Å². The molecule has 0 bridgehead atoms. The van der Waals surface area contributed by atoms with E-state index in [1.54, 1.807) is 6.07 Å². The molecule has 0 atom stereocenters. The SMILES string of the molecule is CNCc1ccc(Oc2ccc([N+](=O)[O-])cc2F)c(Br)c1. The fourth-order valence-electron chi connectivity index (χ4n) is 1.75. The number of nitrogens with one attached hydrogen (secondary N) is 1. The third-order valence-electron chi connectivity index (χ3n) is 2.72. The maximum absolute atomic E-state index is 13.8. The zero-order valence-electron chi connectivity index (χ0n) is 11.1. The second-order valence-electron chi connectivity index (χ2n) is 4.27. The summed E-state index contributed by atoms with van der Waals surface area (Å²) in [6.45, 7) is 0.699. The van der Waals surface area contributed by atoms with Gasteiger partial charge in [0.1, 0.15) is 5.75 Å². The number of benzene rings is 2. The lowest BCUT2D eigenvalue weighted by molar-refractivity contribution is -0.385. The molecule has 0 amide bonds. The molecule has 2 rings (SSSR count). The van der Waals surface area contributed by atoms with Gasteiger partial charge >= 0.3 is 0 Å². The minimum atomic E-state index is -0.782. The van der Waals surface area contributed by atoms with Crippen molar-refractivity contribution in [3.8, 4) is 11.5 Å². The van der Waals surface area contributed by atoms with Crippen molar-refractivity contribution >= 4 is 21.6 Å². The molecule has 0 radical (unpaired) electrons. The van der Waals surface area contributed by atoms with Gasteiger partial charge in [0.05, 0.1) is 15.5 Å². The Morgan fingerprint density at radius 2 is 2.00 bits per heavy atom. The average Bonchev–Trinajstić information content (AvgIpc) is 2.43. The Morgan fingerprint density at radius 1 is 1.29 bits per heavy atom. The van der Waals surface area contributed by atoms with Gasteiger partial charge in [-0.3, -0.25) is 10.1 Å². The first-order valence-electron chi connectivity index (χ1n) is 6.06. The normalized spacial score (nSPS) is 10.4. The van der Waals surface area contributed by atoms with Crippen LogP contribution in [0.3, 0.4) is 0 Å². The molecule has 0 unspecified atom stereocenters. The predicted octanol–water partition coefficient (Wildman–Crippen LogP) is 4.01. The minimum absolute atomic E-state index is 0.0670. The van der Waals surface area contributed by atoms with Gasteiger partial charge in [0.25, 0.3) is 5.69 Å². The summed E-state index contributed by atoms with van der Waals surface area (Å²) >= 11 is 3.35. The second-order valence-corrected chi connectivity index (χ2v) is 5.12. The van der Waals surface area contributed by atoms with Crippen LogP contribution in [0.1, 0.15) is 5.56 Å². The van der Waals surface area contributed by atoms with E-state index in [9.17, 15) is 14.5 Å². The summed E-state index contributed by atoms with van der Waals surface area (Å²) in [7, 11) is 1.84. The lowest BCUT2D eigenvalue weighted by Crippen LogP contribution is -2.04. The standard InChI is InChI=1S/C14H12BrFN2O3/c1-17-8-9-2-4-13(11(15)6-9)21-14-5-3-10(18(19)20)7-12(14)16/h2-7,17H,8H2,1H3. The monoisotopic (exact) mass is 354 g/mol. The van der Waals surface area contributed by atoms with E-state index in [0.717, 1.165) is 11.6 Å². The minimum Gasteiger partial charge on any atom is -0.453 e. The predicted molar refractivity (Wildman–Crippen MR) is 80.0 cm³/mol. The summed E-state index contributed by atoms with van der Waals surface area (Å²) in [5.74, 6) is -0.416. The third kappa shape index (κ3) is 3.77. The molecule has 0 aliphatic carbocycles. The molecule has 2 aromatic rings. The molecule has 110 valence electrons. The fourth-order valence-corrected chi connectivity index (χ4v) is 2.25. The van der Waals surface area contributed by atoms with Crippen molar-refractivity contribution in [3.63, 3.8) is 0 Å². The smallest absolute Gasteiger partial charge is 0.272 e. The highest BCUT2D eigenvalue weighted by molar-refractivity contribution is 9.10. The Bertz CT molecular complexity index is 679. The van der Waals surface area contributed by atoms with Crippen molar-refractivity contribution in [2.24, 2.45) is 0 Å². The molecule has 0 heterocycles. The third-order valence-corrected chi connectivity index (χ3v) is 3.34. The van der Waals surface area contributed by atoms with E-state index in [1.807, 2.05) is 19.2 Å². The molecule has 0 saturated heterocycles. The average molecular weight is 355 g/mol. The van der Waals surface area contributed by atoms with Crippen LogP contribution in [0.2, 0.25) is 0 Å². The van der Waals surface area contributed by atoms with Gasteiger partial charge in [-0.25, -0.2) is 4.39 Å². The van der Waals surface area contributed by atoms with E-state index >= 15 is 0 Å². The van der Waals surface area contributed by atoms with Crippen LogP contribution in [0, 0.1) is 15.9 Å². The lowest BCUT2D eigenvalue weighted by Gasteiger charge is -2.10. The topological polar surface area (TPSA) is 64.4 Å². The largest absolute Gasteiger partial charge is 0.453 e. The Labute approximate surface area is 129 Å². The Morgan fingerprint density at radius 3 is 2.57 bits per heavy atom. The maximum Gasteiger partial charge on any atom is 0.272 e. The number of nitro benzene ring substituents is 1. The molecule has 21 heavy (non-hydrogen) atoms. The summed E-state index contributed by atoms with van der Waals surface area (Å²) in [5.41, 5.74) is 0.726. The van der Waals surface area contributed by atoms with Gasteiger partial charge in [0.2, 0.25) is 0 Å². The van der Waals surface area contributed by atoms with Gasteiger partial charge < -0.3 is 10.1 Å². The van der Waals surface area contributed by atoms with Crippen LogP contribution in [-0.2, 0) is 6.54 Å². The molecular formula is C14H12BrFN2O3. The number of hydrogen-bond acceptors (Lipinski definition) is 4. The summed E-state index contributed by atoms with van der Waals surface area (Å²) < 4.78 is 19.9. The molecule has 0 aromatic heterocycles. The van der Waals surface area contributed by atoms with Crippen LogP contribution >= 0.6 is 15.9 Å². The fraction of sp³-hybridized carbons (Fsp3) is 0.143. The van der Waals surface area contributed by atoms with Gasteiger partial charge in [-0.1, -0.05) is 6.07 Å². The van der Waals surface area contributed by atoms with Gasteiger partial charge in [0, 0.05) is 12.6 Å². The highest BCUT2D eigenvalue weighted by Gasteiger charge is 2.13. The van der Waals surface area contributed by atoms with Crippen LogP contribution in [-0.4, -0.2) is 12.0 Å². The van der Waals surface area contributed by atoms with Crippen LogP contribution < -0.4 is 10.1 Å². The van der Waals surface area contributed by atoms with Crippen LogP contribution in [0.15, 0.2) is 40.9 Å². The summed E-state index contributed by atoms with van der Waals surface area (Å²) in [5, 5.41) is 13.6. The summed E-state index contributed by atoms with van der Waals surface area (Å²) in [4.78, 5) is 9.90. The van der Waals surface area contributed by atoms with Crippen LogP contribution in [0.4, 0.5) is 10.1 Å². The van der Waals surface area contributed by atoms with E-state index < -0.39 is 10.7 Å². The summed E-state index contributed by atoms with van der Waals surface area (Å²) in [6.07, 6.45) is 0. The molecule has 5 nitrogen and oxygen atoms in total. The Kier molecular flexibility index (Phi) is 4.87. The first kappa shape index (κ1) is 15.4. The lowest BCUT2D eigenvalue weighted by atomic mass is 10.2. The summed E-state index contributed by atoms with van der Waals surface area (Å²) in [6, 6.07) is 8.67. The van der Waals surface area contributed by atoms with Gasteiger partial charge in [-0.15, -0.1) is 0 Å². The molecule has 1 N–H and O–H groups in total. The number of hydrogen-bond donors (Lipinski definition) is 1. The van der Waals surface area contributed by atoms with Crippen molar-refractivity contribution < 1.29 is 14.1 Å². The molecule has 0 saturated carbocycles. The van der Waals surface area contributed by atoms with E-state index in [-0.39, 0.29) is 11.4 Å². The molecule has 0 spiro atoms. The van der Waals surface area contributed by atoms with Crippen molar-refractivity contribution in [2.75, 3.05) is 7.05 Å². The number of nitro groups is 1. The van der Waals surface area contributed by atoms with E-state index in [0.29, 0.717) is 16.8 Å². The van der Waals surface area contributed by atoms with E-state index in [4.69, 9.17) is 4.74 Å². The zero-order chi connectivity index (χ0) is 15.4. The first-order chi connectivity index (χ1) is 10.0. The Balaban J connectivity index is 2.24. The Hall–Kier alpha value is -1.99. The molecule has 2 aromatic carbocycles. The van der Waals surface area contributed by atoms with Crippen molar-refractivity contribution in [1.29, 1.82) is 0 Å². The van der Waals surface area contributed by atoms with E-state index in [1.165, 1.54) is 12.1 Å². The number of halogens is 2. The molecule has 0 aliphatic rings.